The van der Waals surface area contributed by atoms with E-state index in [-0.39, 0.29) is 11.6 Å². The zero-order valence-electron chi connectivity index (χ0n) is 10.2. The van der Waals surface area contributed by atoms with Crippen molar-refractivity contribution in [1.82, 2.24) is 0 Å². The van der Waals surface area contributed by atoms with Gasteiger partial charge in [0.05, 0.1) is 0 Å². The largest absolute Gasteiger partial charge is 0.454 e. The van der Waals surface area contributed by atoms with Gasteiger partial charge in [0.25, 0.3) is 0 Å². The second-order valence-corrected chi connectivity index (χ2v) is 4.13. The summed E-state index contributed by atoms with van der Waals surface area (Å²) in [5, 5.41) is 0. The molecule has 0 saturated heterocycles. The molecule has 0 aromatic heterocycles. The van der Waals surface area contributed by atoms with Crippen LogP contribution in [0, 0.1) is 19.7 Å². The van der Waals surface area contributed by atoms with E-state index in [2.05, 4.69) is 0 Å². The van der Waals surface area contributed by atoms with Gasteiger partial charge in [-0.3, -0.25) is 4.79 Å². The fourth-order valence-corrected chi connectivity index (χ4v) is 1.68. The predicted molar refractivity (Wildman–Crippen MR) is 67.8 cm³/mol. The molecular formula is C15H13FO2. The molecule has 0 amide bonds. The van der Waals surface area contributed by atoms with Crippen molar-refractivity contribution in [2.75, 3.05) is 0 Å². The van der Waals surface area contributed by atoms with Crippen molar-refractivity contribution in [2.45, 2.75) is 13.8 Å². The van der Waals surface area contributed by atoms with Gasteiger partial charge in [-0.05, 0) is 49.2 Å². The summed E-state index contributed by atoms with van der Waals surface area (Å²) in [6.07, 6.45) is 0.768. The molecule has 0 aliphatic rings. The average Bonchev–Trinajstić information content (AvgIpc) is 2.37. The van der Waals surface area contributed by atoms with Gasteiger partial charge in [0, 0.05) is 5.56 Å². The molecule has 0 bridgehead atoms. The van der Waals surface area contributed by atoms with E-state index in [1.54, 1.807) is 43.3 Å². The molecule has 2 aromatic rings. The van der Waals surface area contributed by atoms with Crippen LogP contribution in [0.25, 0.3) is 0 Å². The topological polar surface area (TPSA) is 26.3 Å². The van der Waals surface area contributed by atoms with E-state index in [1.807, 2.05) is 6.92 Å². The van der Waals surface area contributed by atoms with Gasteiger partial charge in [0.1, 0.15) is 12.0 Å². The Morgan fingerprint density at radius 1 is 1.06 bits per heavy atom. The molecule has 0 radical (unpaired) electrons. The number of rotatable bonds is 3. The van der Waals surface area contributed by atoms with Crippen molar-refractivity contribution in [1.29, 1.82) is 0 Å². The summed E-state index contributed by atoms with van der Waals surface area (Å²) >= 11 is 0. The Labute approximate surface area is 105 Å². The van der Waals surface area contributed by atoms with Crippen LogP contribution in [-0.4, -0.2) is 6.29 Å². The van der Waals surface area contributed by atoms with Crippen LogP contribution in [-0.2, 0) is 0 Å². The summed E-state index contributed by atoms with van der Waals surface area (Å²) in [5.74, 6) is 0.374. The van der Waals surface area contributed by atoms with E-state index in [4.69, 9.17) is 4.74 Å². The molecule has 0 unspecified atom stereocenters. The van der Waals surface area contributed by atoms with Crippen LogP contribution in [0.3, 0.4) is 0 Å². The predicted octanol–water partition coefficient (Wildman–Crippen LogP) is 4.05. The monoisotopic (exact) mass is 244 g/mol. The minimum atomic E-state index is -0.364. The lowest BCUT2D eigenvalue weighted by Crippen LogP contribution is -1.93. The average molecular weight is 244 g/mol. The van der Waals surface area contributed by atoms with Gasteiger partial charge in [0.2, 0.25) is 0 Å². The maximum absolute atomic E-state index is 13.8. The molecular weight excluding hydrogens is 231 g/mol. The normalized spacial score (nSPS) is 10.2. The number of hydrogen-bond donors (Lipinski definition) is 0. The Balaban J connectivity index is 2.34. The first kappa shape index (κ1) is 12.3. The number of aldehydes is 1. The van der Waals surface area contributed by atoms with Crippen LogP contribution in [0.1, 0.15) is 21.5 Å². The van der Waals surface area contributed by atoms with Crippen LogP contribution in [0.5, 0.6) is 11.5 Å². The number of carbonyl (C=O) groups is 1. The van der Waals surface area contributed by atoms with Gasteiger partial charge in [-0.15, -0.1) is 0 Å². The van der Waals surface area contributed by atoms with Crippen molar-refractivity contribution in [3.63, 3.8) is 0 Å². The maximum Gasteiger partial charge on any atom is 0.168 e. The SMILES string of the molecule is Cc1cc(C=O)ccc1Oc1cccc(C)c1F. The Bertz CT molecular complexity index is 591. The molecule has 2 aromatic carbocycles. The highest BCUT2D eigenvalue weighted by molar-refractivity contribution is 5.75. The molecule has 92 valence electrons. The molecule has 0 atom stereocenters. The van der Waals surface area contributed by atoms with Gasteiger partial charge in [-0.1, -0.05) is 12.1 Å². The molecule has 18 heavy (non-hydrogen) atoms. The highest BCUT2D eigenvalue weighted by Gasteiger charge is 2.08. The number of carbonyl (C=O) groups excluding carboxylic acids is 1. The molecule has 0 saturated carbocycles. The number of ether oxygens (including phenoxy) is 1. The van der Waals surface area contributed by atoms with Crippen LogP contribution >= 0.6 is 0 Å². The van der Waals surface area contributed by atoms with Gasteiger partial charge < -0.3 is 4.74 Å². The van der Waals surface area contributed by atoms with E-state index in [0.29, 0.717) is 16.9 Å². The fraction of sp³-hybridized carbons (Fsp3) is 0.133. The maximum atomic E-state index is 13.8. The molecule has 0 N–H and O–H groups in total. The third-order valence-electron chi connectivity index (χ3n) is 2.71. The Morgan fingerprint density at radius 2 is 1.83 bits per heavy atom. The third-order valence-corrected chi connectivity index (χ3v) is 2.71. The molecule has 2 nitrogen and oxygen atoms in total. The number of benzene rings is 2. The molecule has 0 spiro atoms. The van der Waals surface area contributed by atoms with Crippen molar-refractivity contribution in [3.05, 3.63) is 58.9 Å². The first-order valence-corrected chi connectivity index (χ1v) is 5.60. The Kier molecular flexibility index (Phi) is 3.42. The fourth-order valence-electron chi connectivity index (χ4n) is 1.68. The summed E-state index contributed by atoms with van der Waals surface area (Å²) in [6, 6.07) is 10.0. The summed E-state index contributed by atoms with van der Waals surface area (Å²) in [4.78, 5) is 10.6. The summed E-state index contributed by atoms with van der Waals surface area (Å²) < 4.78 is 19.3. The smallest absolute Gasteiger partial charge is 0.168 e. The first-order valence-electron chi connectivity index (χ1n) is 5.60. The van der Waals surface area contributed by atoms with E-state index >= 15 is 0 Å². The van der Waals surface area contributed by atoms with Gasteiger partial charge in [0.15, 0.2) is 11.6 Å². The zero-order valence-corrected chi connectivity index (χ0v) is 10.2. The lowest BCUT2D eigenvalue weighted by atomic mass is 10.1. The Morgan fingerprint density at radius 3 is 2.50 bits per heavy atom. The van der Waals surface area contributed by atoms with Crippen molar-refractivity contribution >= 4 is 6.29 Å². The van der Waals surface area contributed by atoms with E-state index in [1.165, 1.54) is 0 Å². The third kappa shape index (κ3) is 2.40. The quantitative estimate of drug-likeness (QED) is 0.761. The molecule has 0 aliphatic carbocycles. The lowest BCUT2D eigenvalue weighted by Gasteiger charge is -2.10. The second-order valence-electron chi connectivity index (χ2n) is 4.13. The second kappa shape index (κ2) is 5.00. The number of hydrogen-bond acceptors (Lipinski definition) is 2. The lowest BCUT2D eigenvalue weighted by molar-refractivity contribution is 0.112. The highest BCUT2D eigenvalue weighted by atomic mass is 19.1. The van der Waals surface area contributed by atoms with Gasteiger partial charge in [-0.2, -0.15) is 0 Å². The van der Waals surface area contributed by atoms with Crippen LogP contribution in [0.2, 0.25) is 0 Å². The molecule has 2 rings (SSSR count). The van der Waals surface area contributed by atoms with Crippen molar-refractivity contribution in [2.24, 2.45) is 0 Å². The molecule has 3 heteroatoms. The standard InChI is InChI=1S/C15H13FO2/c1-10-4-3-5-14(15(10)16)18-13-7-6-12(9-17)8-11(13)2/h3-9H,1-2H3. The zero-order chi connectivity index (χ0) is 13.1. The van der Waals surface area contributed by atoms with Gasteiger partial charge >= 0.3 is 0 Å². The number of halogens is 1. The molecule has 0 fully saturated rings. The summed E-state index contributed by atoms with van der Waals surface area (Å²) in [6.45, 7) is 3.50. The minimum absolute atomic E-state index is 0.192. The molecule has 0 heterocycles. The van der Waals surface area contributed by atoms with Gasteiger partial charge in [-0.25, -0.2) is 4.39 Å². The van der Waals surface area contributed by atoms with Crippen LogP contribution < -0.4 is 4.74 Å². The molecule has 0 aliphatic heterocycles. The van der Waals surface area contributed by atoms with E-state index < -0.39 is 0 Å². The minimum Gasteiger partial charge on any atom is -0.454 e. The first-order chi connectivity index (χ1) is 8.61. The number of aryl methyl sites for hydroxylation is 2. The summed E-state index contributed by atoms with van der Waals surface area (Å²) in [5.41, 5.74) is 1.90. The highest BCUT2D eigenvalue weighted by Crippen LogP contribution is 2.28. The van der Waals surface area contributed by atoms with E-state index in [9.17, 15) is 9.18 Å². The van der Waals surface area contributed by atoms with E-state index in [0.717, 1.165) is 11.8 Å². The van der Waals surface area contributed by atoms with Crippen LogP contribution in [0.4, 0.5) is 4.39 Å². The van der Waals surface area contributed by atoms with Crippen molar-refractivity contribution in [3.8, 4) is 11.5 Å². The van der Waals surface area contributed by atoms with Crippen LogP contribution in [0.15, 0.2) is 36.4 Å². The van der Waals surface area contributed by atoms with Crippen molar-refractivity contribution < 1.29 is 13.9 Å². The summed E-state index contributed by atoms with van der Waals surface area (Å²) in [7, 11) is 0. The Hall–Kier alpha value is -2.16.